The van der Waals surface area contributed by atoms with Crippen LogP contribution in [0.3, 0.4) is 0 Å². The number of esters is 1. The normalized spacial score (nSPS) is 10.5. The molecule has 0 saturated heterocycles. The van der Waals surface area contributed by atoms with E-state index in [2.05, 4.69) is 25.0 Å². The number of carbonyl (C=O) groups is 1. The molecule has 1 aromatic rings. The van der Waals surface area contributed by atoms with Gasteiger partial charge in [0.1, 0.15) is 12.0 Å². The first-order chi connectivity index (χ1) is 8.08. The number of nitrogens with zero attached hydrogens (tertiary/aromatic N) is 1. The van der Waals surface area contributed by atoms with Gasteiger partial charge in [-0.25, -0.2) is 9.79 Å². The molecule has 0 bridgehead atoms. The summed E-state index contributed by atoms with van der Waals surface area (Å²) in [6, 6.07) is 0. The zero-order chi connectivity index (χ0) is 12.8. The highest BCUT2D eigenvalue weighted by atomic mass is 32.1. The molecule has 1 heterocycles. The minimum absolute atomic E-state index is 0.0363. The van der Waals surface area contributed by atoms with Crippen molar-refractivity contribution in [3.8, 4) is 0 Å². The molecule has 0 unspecified atom stereocenters. The average Bonchev–Trinajstić information content (AvgIpc) is 2.27. The summed E-state index contributed by atoms with van der Waals surface area (Å²) in [5, 5.41) is 2.72. The van der Waals surface area contributed by atoms with Gasteiger partial charge in [-0.3, -0.25) is 9.78 Å². The van der Waals surface area contributed by atoms with Crippen LogP contribution >= 0.6 is 12.2 Å². The number of nitrogens with one attached hydrogen (secondary N) is 3. The lowest BCUT2D eigenvalue weighted by Gasteiger charge is -2.02. The Morgan fingerprint density at radius 2 is 2.29 bits per heavy atom. The molecule has 0 aliphatic heterocycles. The van der Waals surface area contributed by atoms with Gasteiger partial charge in [-0.05, 0) is 19.1 Å². The van der Waals surface area contributed by atoms with E-state index in [0.717, 1.165) is 6.21 Å². The fourth-order valence-electron chi connectivity index (χ4n) is 1.08. The molecule has 17 heavy (non-hydrogen) atoms. The molecule has 0 aliphatic rings. The zero-order valence-electron chi connectivity index (χ0n) is 9.36. The fraction of sp³-hybridized carbons (Fsp3) is 0.333. The maximum atomic E-state index is 11.5. The predicted octanol–water partition coefficient (Wildman–Crippen LogP) is 0.740. The Kier molecular flexibility index (Phi) is 4.58. The highest BCUT2D eigenvalue weighted by molar-refractivity contribution is 7.71. The van der Waals surface area contributed by atoms with Crippen LogP contribution in [0.1, 0.15) is 6.92 Å². The van der Waals surface area contributed by atoms with Crippen LogP contribution in [0.2, 0.25) is 0 Å². The second kappa shape index (κ2) is 5.94. The number of anilines is 1. The van der Waals surface area contributed by atoms with Crippen LogP contribution in [0.15, 0.2) is 9.79 Å². The summed E-state index contributed by atoms with van der Waals surface area (Å²) < 4.78 is 4.82. The zero-order valence-corrected chi connectivity index (χ0v) is 10.2. The second-order valence-corrected chi connectivity index (χ2v) is 3.30. The summed E-state index contributed by atoms with van der Waals surface area (Å²) in [5.74, 6) is -0.282. The van der Waals surface area contributed by atoms with Crippen LogP contribution in [-0.2, 0) is 9.53 Å². The van der Waals surface area contributed by atoms with E-state index in [9.17, 15) is 9.59 Å². The topological polar surface area (TPSA) is 99.3 Å². The minimum Gasteiger partial charge on any atom is -0.462 e. The van der Waals surface area contributed by atoms with E-state index in [4.69, 9.17) is 12.2 Å². The van der Waals surface area contributed by atoms with Crippen molar-refractivity contribution in [2.45, 2.75) is 6.92 Å². The molecule has 0 atom stereocenters. The molecule has 3 N–H and O–H groups in total. The molecule has 1 rings (SSSR count). The number of aliphatic imine (C=N–C) groups is 1. The number of H-pyrrole nitrogens is 2. The van der Waals surface area contributed by atoms with E-state index in [1.165, 1.54) is 0 Å². The van der Waals surface area contributed by atoms with Crippen LogP contribution in [0.5, 0.6) is 0 Å². The summed E-state index contributed by atoms with van der Waals surface area (Å²) in [4.78, 5) is 31.4. The summed E-state index contributed by atoms with van der Waals surface area (Å²) >= 11 is 4.80. The Balaban J connectivity index is 3.10. The van der Waals surface area contributed by atoms with Gasteiger partial charge in [0.05, 0.1) is 6.61 Å². The maximum absolute atomic E-state index is 11.5. The third-order valence-electron chi connectivity index (χ3n) is 1.75. The number of carbonyl (C=O) groups excluding carboxylic acids is 1. The Bertz CT molecular complexity index is 546. The van der Waals surface area contributed by atoms with Crippen LogP contribution in [0, 0.1) is 4.77 Å². The standard InChI is InChI=1S/C9H12N4O3S/c1-3-16-5(14)4-11-6-7(10-2)12-9(17)13-8(6)15/h4H,3H2,1-2H3,(H3,10,12,13,15,17). The molecule has 8 heteroatoms. The van der Waals surface area contributed by atoms with Gasteiger partial charge in [0.25, 0.3) is 5.56 Å². The smallest absolute Gasteiger partial charge is 0.349 e. The SMILES string of the molecule is CCOC(=O)C=Nc1c(NC)[nH]c(=S)[nH]c1=O. The Morgan fingerprint density at radius 1 is 1.59 bits per heavy atom. The molecule has 0 radical (unpaired) electrons. The van der Waals surface area contributed by atoms with Crippen molar-refractivity contribution in [2.24, 2.45) is 4.99 Å². The molecule has 0 saturated carbocycles. The third-order valence-corrected chi connectivity index (χ3v) is 1.96. The number of hydrogen-bond acceptors (Lipinski definition) is 6. The Morgan fingerprint density at radius 3 is 2.88 bits per heavy atom. The van der Waals surface area contributed by atoms with Gasteiger partial charge in [-0.1, -0.05) is 0 Å². The van der Waals surface area contributed by atoms with Gasteiger partial charge < -0.3 is 15.0 Å². The molecule has 92 valence electrons. The third kappa shape index (κ3) is 3.52. The first kappa shape index (κ1) is 13.1. The number of aromatic nitrogens is 2. The predicted molar refractivity (Wildman–Crippen MR) is 66.6 cm³/mol. The molecule has 0 aromatic carbocycles. The van der Waals surface area contributed by atoms with Crippen molar-refractivity contribution in [1.29, 1.82) is 0 Å². The lowest BCUT2D eigenvalue weighted by atomic mass is 10.4. The van der Waals surface area contributed by atoms with Gasteiger partial charge in [-0.2, -0.15) is 0 Å². The van der Waals surface area contributed by atoms with E-state index < -0.39 is 11.5 Å². The van der Waals surface area contributed by atoms with Crippen molar-refractivity contribution in [3.63, 3.8) is 0 Å². The van der Waals surface area contributed by atoms with E-state index in [0.29, 0.717) is 5.82 Å². The molecule has 1 aromatic heterocycles. The monoisotopic (exact) mass is 256 g/mol. The Hall–Kier alpha value is -1.96. The maximum Gasteiger partial charge on any atom is 0.349 e. The minimum atomic E-state index is -0.614. The van der Waals surface area contributed by atoms with E-state index in [1.54, 1.807) is 14.0 Å². The Labute approximate surface area is 102 Å². The summed E-state index contributed by atoms with van der Waals surface area (Å²) in [7, 11) is 1.60. The van der Waals surface area contributed by atoms with Crippen LogP contribution < -0.4 is 10.9 Å². The molecule has 0 amide bonds. The van der Waals surface area contributed by atoms with E-state index in [1.807, 2.05) is 0 Å². The van der Waals surface area contributed by atoms with Crippen molar-refractivity contribution in [3.05, 3.63) is 15.1 Å². The number of ether oxygens (including phenoxy) is 1. The summed E-state index contributed by atoms with van der Waals surface area (Å²) in [6.45, 7) is 1.93. The van der Waals surface area contributed by atoms with Crippen LogP contribution in [0.4, 0.5) is 11.5 Å². The van der Waals surface area contributed by atoms with Gasteiger partial charge in [-0.15, -0.1) is 0 Å². The summed E-state index contributed by atoms with van der Waals surface area (Å²) in [5.41, 5.74) is -0.451. The van der Waals surface area contributed by atoms with Crippen molar-refractivity contribution < 1.29 is 9.53 Å². The lowest BCUT2D eigenvalue weighted by molar-refractivity contribution is -0.134. The first-order valence-corrected chi connectivity index (χ1v) is 5.24. The van der Waals surface area contributed by atoms with Crippen molar-refractivity contribution >= 4 is 35.9 Å². The molecule has 0 fully saturated rings. The van der Waals surface area contributed by atoms with Gasteiger partial charge in [0.2, 0.25) is 0 Å². The molecule has 0 spiro atoms. The van der Waals surface area contributed by atoms with Crippen molar-refractivity contribution in [2.75, 3.05) is 19.0 Å². The van der Waals surface area contributed by atoms with Gasteiger partial charge >= 0.3 is 5.97 Å². The molecule has 7 nitrogen and oxygen atoms in total. The molecule has 0 aliphatic carbocycles. The van der Waals surface area contributed by atoms with Crippen LogP contribution in [0.25, 0.3) is 0 Å². The van der Waals surface area contributed by atoms with Gasteiger partial charge in [0, 0.05) is 7.05 Å². The summed E-state index contributed by atoms with van der Waals surface area (Å²) in [6.07, 6.45) is 0.936. The largest absolute Gasteiger partial charge is 0.462 e. The fourth-order valence-corrected chi connectivity index (χ4v) is 1.28. The second-order valence-electron chi connectivity index (χ2n) is 2.89. The number of aromatic amines is 2. The highest BCUT2D eigenvalue weighted by Gasteiger charge is 2.06. The highest BCUT2D eigenvalue weighted by Crippen LogP contribution is 2.14. The number of rotatable bonds is 4. The van der Waals surface area contributed by atoms with Gasteiger partial charge in [0.15, 0.2) is 10.5 Å². The molecular weight excluding hydrogens is 244 g/mol. The molecular formula is C9H12N4O3S. The quantitative estimate of drug-likeness (QED) is 0.419. The van der Waals surface area contributed by atoms with Crippen molar-refractivity contribution in [1.82, 2.24) is 9.97 Å². The average molecular weight is 256 g/mol. The van der Waals surface area contributed by atoms with E-state index >= 15 is 0 Å². The lowest BCUT2D eigenvalue weighted by Crippen LogP contribution is -2.11. The number of hydrogen-bond donors (Lipinski definition) is 3. The first-order valence-electron chi connectivity index (χ1n) is 4.83. The van der Waals surface area contributed by atoms with Crippen LogP contribution in [-0.4, -0.2) is 35.8 Å². The van der Waals surface area contributed by atoms with E-state index in [-0.39, 0.29) is 17.1 Å².